The zero-order valence-corrected chi connectivity index (χ0v) is 16.1. The summed E-state index contributed by atoms with van der Waals surface area (Å²) >= 11 is 0. The maximum Gasteiger partial charge on any atom is 0.338 e. The minimum absolute atomic E-state index is 0.123. The molecule has 0 radical (unpaired) electrons. The molecule has 0 unspecified atom stereocenters. The fourth-order valence-corrected chi connectivity index (χ4v) is 3.12. The Kier molecular flexibility index (Phi) is 4.63. The van der Waals surface area contributed by atoms with Crippen LogP contribution in [0.4, 0.5) is 0 Å². The molecule has 0 amide bonds. The first kappa shape index (κ1) is 18.5. The predicted molar refractivity (Wildman–Crippen MR) is 104 cm³/mol. The van der Waals surface area contributed by atoms with E-state index in [9.17, 15) is 9.59 Å². The van der Waals surface area contributed by atoms with Gasteiger partial charge in [-0.2, -0.15) is 0 Å². The van der Waals surface area contributed by atoms with E-state index in [4.69, 9.17) is 14.2 Å². The smallest absolute Gasteiger partial charge is 0.338 e. The third-order valence-electron chi connectivity index (χ3n) is 4.61. The topological polar surface area (TPSA) is 96.9 Å². The van der Waals surface area contributed by atoms with Crippen molar-refractivity contribution in [1.29, 1.82) is 0 Å². The van der Waals surface area contributed by atoms with Crippen molar-refractivity contribution in [2.24, 2.45) is 7.05 Å². The van der Waals surface area contributed by atoms with Gasteiger partial charge in [0.2, 0.25) is 5.78 Å². The molecule has 0 saturated heterocycles. The minimum atomic E-state index is -0.562. The zero-order chi connectivity index (χ0) is 20.5. The lowest BCUT2D eigenvalue weighted by Crippen LogP contribution is -2.20. The number of rotatable bonds is 5. The molecule has 9 heteroatoms. The normalized spacial score (nSPS) is 11.0. The number of para-hydroxylation sites is 1. The molecule has 2 aromatic heterocycles. The summed E-state index contributed by atoms with van der Waals surface area (Å²) in [6.07, 6.45) is 0. The van der Waals surface area contributed by atoms with E-state index in [1.807, 2.05) is 6.07 Å². The van der Waals surface area contributed by atoms with Crippen molar-refractivity contribution in [2.75, 3.05) is 14.2 Å². The second-order valence-electron chi connectivity index (χ2n) is 6.31. The number of aromatic nitrogens is 4. The van der Waals surface area contributed by atoms with Crippen molar-refractivity contribution >= 4 is 22.6 Å². The number of hydrogen-bond donors (Lipinski definition) is 0. The highest BCUT2D eigenvalue weighted by Crippen LogP contribution is 2.23. The molecule has 0 fully saturated rings. The molecule has 148 valence electrons. The molecule has 0 aliphatic carbocycles. The van der Waals surface area contributed by atoms with E-state index in [1.54, 1.807) is 47.8 Å². The molecule has 2 aromatic carbocycles. The number of nitrogens with zero attached hydrogens (tertiary/aromatic N) is 4. The molecule has 4 aromatic rings. The van der Waals surface area contributed by atoms with Crippen LogP contribution >= 0.6 is 0 Å². The molecular weight excluding hydrogens is 376 g/mol. The van der Waals surface area contributed by atoms with Crippen molar-refractivity contribution in [3.05, 3.63) is 64.2 Å². The third-order valence-corrected chi connectivity index (χ3v) is 4.61. The molecule has 0 aliphatic heterocycles. The monoisotopic (exact) mass is 394 g/mol. The summed E-state index contributed by atoms with van der Waals surface area (Å²) < 4.78 is 18.9. The van der Waals surface area contributed by atoms with Crippen LogP contribution in [-0.2, 0) is 18.4 Å². The van der Waals surface area contributed by atoms with E-state index in [-0.39, 0.29) is 17.7 Å². The van der Waals surface area contributed by atoms with Crippen molar-refractivity contribution < 1.29 is 19.0 Å². The average molecular weight is 394 g/mol. The van der Waals surface area contributed by atoms with Crippen LogP contribution in [0.3, 0.4) is 0 Å². The van der Waals surface area contributed by atoms with E-state index >= 15 is 0 Å². The van der Waals surface area contributed by atoms with E-state index in [2.05, 4.69) is 10.2 Å². The number of carbonyl (C=O) groups excluding carboxylic acids is 1. The first-order valence-electron chi connectivity index (χ1n) is 8.75. The van der Waals surface area contributed by atoms with Crippen molar-refractivity contribution in [1.82, 2.24) is 19.2 Å². The number of benzene rings is 2. The van der Waals surface area contributed by atoms with Crippen molar-refractivity contribution in [2.45, 2.75) is 6.61 Å². The summed E-state index contributed by atoms with van der Waals surface area (Å²) in [6, 6.07) is 11.9. The van der Waals surface area contributed by atoms with Crippen LogP contribution < -0.4 is 15.0 Å². The second kappa shape index (κ2) is 7.27. The Bertz CT molecular complexity index is 1270. The fourth-order valence-electron chi connectivity index (χ4n) is 3.12. The Morgan fingerprint density at radius 1 is 1.03 bits per heavy atom. The SMILES string of the molecule is COc1cc(OC)cc(C(=O)OCc2nnc3n(C)c(=O)c4ccccc4n23)c1. The first-order chi connectivity index (χ1) is 14.0. The summed E-state index contributed by atoms with van der Waals surface area (Å²) in [5.41, 5.74) is 0.754. The van der Waals surface area contributed by atoms with E-state index in [0.717, 1.165) is 0 Å². The fraction of sp³-hybridized carbons (Fsp3) is 0.200. The first-order valence-corrected chi connectivity index (χ1v) is 8.75. The van der Waals surface area contributed by atoms with Gasteiger partial charge in [0, 0.05) is 13.1 Å². The molecule has 0 aliphatic rings. The number of aryl methyl sites for hydroxylation is 1. The maximum atomic E-state index is 12.6. The molecule has 29 heavy (non-hydrogen) atoms. The molecule has 0 saturated carbocycles. The van der Waals surface area contributed by atoms with Crippen LogP contribution in [0.15, 0.2) is 47.3 Å². The number of esters is 1. The molecule has 9 nitrogen and oxygen atoms in total. The quantitative estimate of drug-likeness (QED) is 0.477. The van der Waals surface area contributed by atoms with Gasteiger partial charge in [-0.3, -0.25) is 13.8 Å². The molecule has 0 N–H and O–H groups in total. The predicted octanol–water partition coefficient (Wildman–Crippen LogP) is 1.96. The highest BCUT2D eigenvalue weighted by molar-refractivity contribution is 5.90. The van der Waals surface area contributed by atoms with Gasteiger partial charge in [-0.05, 0) is 24.3 Å². The largest absolute Gasteiger partial charge is 0.497 e. The van der Waals surface area contributed by atoms with Crippen LogP contribution in [-0.4, -0.2) is 39.4 Å². The van der Waals surface area contributed by atoms with Gasteiger partial charge in [0.05, 0.1) is 30.7 Å². The Labute approximate surface area is 165 Å². The maximum absolute atomic E-state index is 12.6. The minimum Gasteiger partial charge on any atom is -0.497 e. The van der Waals surface area contributed by atoms with Gasteiger partial charge in [-0.1, -0.05) is 12.1 Å². The molecule has 0 spiro atoms. The number of fused-ring (bicyclic) bond motifs is 3. The van der Waals surface area contributed by atoms with Crippen LogP contribution in [0.25, 0.3) is 16.7 Å². The second-order valence-corrected chi connectivity index (χ2v) is 6.31. The Morgan fingerprint density at radius 2 is 1.72 bits per heavy atom. The molecular formula is C20H18N4O5. The van der Waals surface area contributed by atoms with Gasteiger partial charge in [0.25, 0.3) is 5.56 Å². The van der Waals surface area contributed by atoms with Gasteiger partial charge in [0.15, 0.2) is 12.4 Å². The van der Waals surface area contributed by atoms with Gasteiger partial charge in [0.1, 0.15) is 11.5 Å². The summed E-state index contributed by atoms with van der Waals surface area (Å²) in [5, 5.41) is 8.71. The lowest BCUT2D eigenvalue weighted by Gasteiger charge is -2.10. The van der Waals surface area contributed by atoms with Crippen molar-refractivity contribution in [3.63, 3.8) is 0 Å². The van der Waals surface area contributed by atoms with E-state index < -0.39 is 5.97 Å². The number of methoxy groups -OCH3 is 2. The van der Waals surface area contributed by atoms with Gasteiger partial charge >= 0.3 is 5.97 Å². The van der Waals surface area contributed by atoms with Crippen LogP contribution in [0.5, 0.6) is 11.5 Å². The summed E-state index contributed by atoms with van der Waals surface area (Å²) in [5.74, 6) is 1.15. The molecule has 2 heterocycles. The lowest BCUT2D eigenvalue weighted by molar-refractivity contribution is 0.0460. The zero-order valence-electron chi connectivity index (χ0n) is 16.1. The Morgan fingerprint density at radius 3 is 2.41 bits per heavy atom. The number of hydrogen-bond acceptors (Lipinski definition) is 7. The van der Waals surface area contributed by atoms with E-state index in [1.165, 1.54) is 18.8 Å². The van der Waals surface area contributed by atoms with Crippen LogP contribution in [0, 0.1) is 0 Å². The Hall–Kier alpha value is -3.88. The Balaban J connectivity index is 1.69. The standard InChI is InChI=1S/C20H18N4O5/c1-23-18(25)15-6-4-5-7-16(15)24-17(21-22-20(23)24)11-29-19(26)12-8-13(27-2)10-14(9-12)28-3/h4-10H,11H2,1-3H3. The van der Waals surface area contributed by atoms with Crippen LogP contribution in [0.2, 0.25) is 0 Å². The lowest BCUT2D eigenvalue weighted by atomic mass is 10.2. The number of carbonyl (C=O) groups is 1. The highest BCUT2D eigenvalue weighted by atomic mass is 16.5. The van der Waals surface area contributed by atoms with E-state index in [0.29, 0.717) is 34.0 Å². The summed E-state index contributed by atoms with van der Waals surface area (Å²) in [7, 11) is 4.63. The third kappa shape index (κ3) is 3.16. The van der Waals surface area contributed by atoms with Crippen LogP contribution in [0.1, 0.15) is 16.2 Å². The number of ether oxygens (including phenoxy) is 3. The summed E-state index contributed by atoms with van der Waals surface area (Å²) in [6.45, 7) is -0.123. The molecule has 0 atom stereocenters. The highest BCUT2D eigenvalue weighted by Gasteiger charge is 2.17. The average Bonchev–Trinajstić information content (AvgIpc) is 3.19. The summed E-state index contributed by atoms with van der Waals surface area (Å²) in [4.78, 5) is 25.0. The van der Waals surface area contributed by atoms with Gasteiger partial charge in [-0.25, -0.2) is 4.79 Å². The van der Waals surface area contributed by atoms with Crippen molar-refractivity contribution in [3.8, 4) is 11.5 Å². The molecule has 4 rings (SSSR count). The molecule has 0 bridgehead atoms. The van der Waals surface area contributed by atoms with Gasteiger partial charge < -0.3 is 14.2 Å². The van der Waals surface area contributed by atoms with Gasteiger partial charge in [-0.15, -0.1) is 10.2 Å².